The van der Waals surface area contributed by atoms with Crippen LogP contribution < -0.4 is 0 Å². The van der Waals surface area contributed by atoms with Gasteiger partial charge >= 0.3 is 0 Å². The molecule has 166 valence electrons. The molecular weight excluding hydrogens is 416 g/mol. The minimum absolute atomic E-state index is 0.0387. The van der Waals surface area contributed by atoms with Gasteiger partial charge in [0.25, 0.3) is 0 Å². The van der Waals surface area contributed by atoms with Crippen molar-refractivity contribution in [3.05, 3.63) is 156 Å². The van der Waals surface area contributed by atoms with Crippen molar-refractivity contribution in [2.45, 2.75) is 18.6 Å². The van der Waals surface area contributed by atoms with E-state index in [1.165, 1.54) is 0 Å². The first kappa shape index (κ1) is 21.8. The number of fused-ring (bicyclic) bond motifs is 1. The van der Waals surface area contributed by atoms with Crippen molar-refractivity contribution >= 4 is 16.6 Å². The molecule has 0 amide bonds. The number of hydrogen-bond acceptors (Lipinski definition) is 2. The van der Waals surface area contributed by atoms with Crippen molar-refractivity contribution in [2.24, 2.45) is 0 Å². The quantitative estimate of drug-likeness (QED) is 0.234. The first-order chi connectivity index (χ1) is 16.8. The van der Waals surface area contributed by atoms with Gasteiger partial charge in [-0.25, -0.2) is 0 Å². The topological polar surface area (TPSA) is 26.3 Å². The molecule has 0 radical (unpaired) electrons. The molecule has 0 bridgehead atoms. The number of benzene rings is 5. The minimum atomic E-state index is -1.18. The van der Waals surface area contributed by atoms with E-state index in [1.807, 2.05) is 103 Å². The largest absolute Gasteiger partial charge is 0.357 e. The summed E-state index contributed by atoms with van der Waals surface area (Å²) in [6.07, 6.45) is 0.429. The number of rotatable bonds is 8. The van der Waals surface area contributed by atoms with Crippen molar-refractivity contribution in [3.63, 3.8) is 0 Å². The highest BCUT2D eigenvalue weighted by atomic mass is 16.5. The third kappa shape index (κ3) is 4.41. The smallest absolute Gasteiger partial charge is 0.199 e. The van der Waals surface area contributed by atoms with Gasteiger partial charge in [0.1, 0.15) is 0 Å². The van der Waals surface area contributed by atoms with Crippen molar-refractivity contribution in [1.82, 2.24) is 0 Å². The van der Waals surface area contributed by atoms with Gasteiger partial charge in [0, 0.05) is 12.0 Å². The Balaban J connectivity index is 1.68. The molecular formula is C32H26O2. The molecule has 1 unspecified atom stereocenters. The van der Waals surface area contributed by atoms with E-state index in [-0.39, 0.29) is 5.78 Å². The first-order valence-corrected chi connectivity index (χ1v) is 11.6. The van der Waals surface area contributed by atoms with Crippen LogP contribution in [-0.4, -0.2) is 5.78 Å². The molecule has 1 atom stereocenters. The Kier molecular flexibility index (Phi) is 6.33. The Bertz CT molecular complexity index is 1370. The Morgan fingerprint density at radius 2 is 1.21 bits per heavy atom. The lowest BCUT2D eigenvalue weighted by molar-refractivity contribution is -0.0390. The van der Waals surface area contributed by atoms with Gasteiger partial charge in [0.2, 0.25) is 0 Å². The molecule has 0 saturated carbocycles. The van der Waals surface area contributed by atoms with Gasteiger partial charge < -0.3 is 4.74 Å². The summed E-state index contributed by atoms with van der Waals surface area (Å²) in [5.41, 5.74) is 2.43. The molecule has 5 aromatic rings. The van der Waals surface area contributed by atoms with E-state index in [1.54, 1.807) is 0 Å². The SMILES string of the molecule is O=C(c1ccccc1)C(Cc1cccc2ccccc12)(OCc1ccccc1)c1ccccc1. The third-order valence-electron chi connectivity index (χ3n) is 6.29. The van der Waals surface area contributed by atoms with Crippen molar-refractivity contribution in [1.29, 1.82) is 0 Å². The van der Waals surface area contributed by atoms with Crippen molar-refractivity contribution < 1.29 is 9.53 Å². The molecule has 0 N–H and O–H groups in total. The van der Waals surface area contributed by atoms with Gasteiger partial charge in [-0.3, -0.25) is 4.79 Å². The summed E-state index contributed by atoms with van der Waals surface area (Å²) < 4.78 is 6.72. The summed E-state index contributed by atoms with van der Waals surface area (Å²) in [7, 11) is 0. The highest BCUT2D eigenvalue weighted by Crippen LogP contribution is 2.37. The van der Waals surface area contributed by atoms with E-state index in [4.69, 9.17) is 4.74 Å². The molecule has 0 aromatic heterocycles. The predicted molar refractivity (Wildman–Crippen MR) is 138 cm³/mol. The van der Waals surface area contributed by atoms with E-state index in [0.717, 1.165) is 27.5 Å². The second-order valence-corrected chi connectivity index (χ2v) is 8.48. The Morgan fingerprint density at radius 3 is 1.94 bits per heavy atom. The van der Waals surface area contributed by atoms with Crippen LogP contribution in [0.1, 0.15) is 27.0 Å². The van der Waals surface area contributed by atoms with E-state index in [9.17, 15) is 4.79 Å². The zero-order valence-electron chi connectivity index (χ0n) is 18.9. The summed E-state index contributed by atoms with van der Waals surface area (Å²) in [5.74, 6) is -0.0387. The van der Waals surface area contributed by atoms with Crippen LogP contribution in [0, 0.1) is 0 Å². The summed E-state index contributed by atoms with van der Waals surface area (Å²) >= 11 is 0. The number of ketones is 1. The lowest BCUT2D eigenvalue weighted by Gasteiger charge is -2.34. The molecule has 0 aliphatic carbocycles. The van der Waals surface area contributed by atoms with Gasteiger partial charge in [-0.15, -0.1) is 0 Å². The molecule has 0 aliphatic rings. The van der Waals surface area contributed by atoms with Crippen LogP contribution in [0.2, 0.25) is 0 Å². The van der Waals surface area contributed by atoms with Crippen LogP contribution in [0.5, 0.6) is 0 Å². The zero-order valence-corrected chi connectivity index (χ0v) is 18.9. The normalized spacial score (nSPS) is 12.8. The minimum Gasteiger partial charge on any atom is -0.357 e. The fraction of sp³-hybridized carbons (Fsp3) is 0.0938. The lowest BCUT2D eigenvalue weighted by Crippen LogP contribution is -2.41. The standard InChI is InChI=1S/C32H26O2/c33-31(27-16-6-2-7-17-27)32(29-20-8-3-9-21-29,34-24-25-13-4-1-5-14-25)23-28-19-12-18-26-15-10-11-22-30(26)28/h1-22H,23-24H2. The molecule has 5 rings (SSSR count). The molecule has 0 aliphatic heterocycles. The van der Waals surface area contributed by atoms with Crippen LogP contribution in [-0.2, 0) is 23.4 Å². The van der Waals surface area contributed by atoms with Crippen LogP contribution in [0.25, 0.3) is 10.8 Å². The van der Waals surface area contributed by atoms with Crippen molar-refractivity contribution in [3.8, 4) is 0 Å². The lowest BCUT2D eigenvalue weighted by atomic mass is 9.79. The average Bonchev–Trinajstić information content (AvgIpc) is 2.92. The highest BCUT2D eigenvalue weighted by molar-refractivity contribution is 6.03. The number of hydrogen-bond donors (Lipinski definition) is 0. The maximum Gasteiger partial charge on any atom is 0.199 e. The van der Waals surface area contributed by atoms with Gasteiger partial charge in [-0.05, 0) is 27.5 Å². The zero-order chi connectivity index (χ0) is 23.2. The molecule has 0 spiro atoms. The van der Waals surface area contributed by atoms with E-state index < -0.39 is 5.60 Å². The van der Waals surface area contributed by atoms with Crippen LogP contribution in [0.4, 0.5) is 0 Å². The van der Waals surface area contributed by atoms with Gasteiger partial charge in [0.05, 0.1) is 6.61 Å². The summed E-state index contributed by atoms with van der Waals surface area (Å²) in [4.78, 5) is 14.3. The summed E-state index contributed by atoms with van der Waals surface area (Å²) in [6.45, 7) is 0.332. The average molecular weight is 443 g/mol. The Labute approximate surface area is 200 Å². The fourth-order valence-electron chi connectivity index (χ4n) is 4.54. The van der Waals surface area contributed by atoms with Gasteiger partial charge in [0.15, 0.2) is 11.4 Å². The monoisotopic (exact) mass is 442 g/mol. The Hall–Kier alpha value is -4.01. The van der Waals surface area contributed by atoms with Crippen LogP contribution >= 0.6 is 0 Å². The molecule has 34 heavy (non-hydrogen) atoms. The maximum atomic E-state index is 14.3. The highest BCUT2D eigenvalue weighted by Gasteiger charge is 2.42. The number of ether oxygens (including phenoxy) is 1. The first-order valence-electron chi connectivity index (χ1n) is 11.6. The molecule has 0 fully saturated rings. The van der Waals surface area contributed by atoms with E-state index in [2.05, 4.69) is 30.3 Å². The van der Waals surface area contributed by atoms with E-state index >= 15 is 0 Å². The molecule has 0 heterocycles. The van der Waals surface area contributed by atoms with Crippen LogP contribution in [0.15, 0.2) is 133 Å². The second kappa shape index (κ2) is 9.86. The summed E-state index contributed by atoms with van der Waals surface area (Å²) in [5, 5.41) is 2.28. The maximum absolute atomic E-state index is 14.3. The Morgan fingerprint density at radius 1 is 0.618 bits per heavy atom. The van der Waals surface area contributed by atoms with Gasteiger partial charge in [-0.1, -0.05) is 133 Å². The van der Waals surface area contributed by atoms with Crippen LogP contribution in [0.3, 0.4) is 0 Å². The molecule has 2 nitrogen and oxygen atoms in total. The summed E-state index contributed by atoms with van der Waals surface area (Å²) in [6, 6.07) is 44.0. The second-order valence-electron chi connectivity index (χ2n) is 8.48. The van der Waals surface area contributed by atoms with E-state index in [0.29, 0.717) is 18.6 Å². The molecule has 5 aromatic carbocycles. The number of Topliss-reactive ketones (excluding diaryl/α,β-unsaturated/α-hetero) is 1. The molecule has 2 heteroatoms. The van der Waals surface area contributed by atoms with Gasteiger partial charge in [-0.2, -0.15) is 0 Å². The predicted octanol–water partition coefficient (Wildman–Crippen LogP) is 7.38. The van der Waals surface area contributed by atoms with Crippen molar-refractivity contribution in [2.75, 3.05) is 0 Å². The molecule has 0 saturated heterocycles. The third-order valence-corrected chi connectivity index (χ3v) is 6.29. The number of carbonyl (C=O) groups excluding carboxylic acids is 1. The fourth-order valence-corrected chi connectivity index (χ4v) is 4.54. The number of carbonyl (C=O) groups is 1.